The van der Waals surface area contributed by atoms with Crippen LogP contribution in [0.1, 0.15) is 38.7 Å². The highest BCUT2D eigenvalue weighted by molar-refractivity contribution is 5.93. The van der Waals surface area contributed by atoms with Gasteiger partial charge >= 0.3 is 0 Å². The van der Waals surface area contributed by atoms with Crippen LogP contribution in [0.25, 0.3) is 0 Å². The maximum Gasteiger partial charge on any atom is 0.238 e. The zero-order valence-corrected chi connectivity index (χ0v) is 12.0. The lowest BCUT2D eigenvalue weighted by molar-refractivity contribution is -0.118. The third kappa shape index (κ3) is 3.80. The summed E-state index contributed by atoms with van der Waals surface area (Å²) in [7, 11) is 0. The zero-order valence-electron chi connectivity index (χ0n) is 12.0. The van der Waals surface area contributed by atoms with Gasteiger partial charge in [0, 0.05) is 11.7 Å². The summed E-state index contributed by atoms with van der Waals surface area (Å²) in [5.74, 6) is 0.106. The topological polar surface area (TPSA) is 32.3 Å². The van der Waals surface area contributed by atoms with Crippen LogP contribution in [0.5, 0.6) is 0 Å². The third-order valence-electron chi connectivity index (χ3n) is 3.96. The monoisotopic (exact) mass is 260 g/mol. The molecule has 1 aromatic rings. The van der Waals surface area contributed by atoms with Crippen LogP contribution < -0.4 is 5.32 Å². The molecule has 0 aliphatic carbocycles. The molecule has 1 aliphatic rings. The van der Waals surface area contributed by atoms with E-state index in [1.54, 1.807) is 0 Å². The number of nitrogens with zero attached hydrogens (tertiary/aromatic N) is 1. The largest absolute Gasteiger partial charge is 0.325 e. The van der Waals surface area contributed by atoms with Crippen LogP contribution in [0.2, 0.25) is 0 Å². The van der Waals surface area contributed by atoms with Crippen LogP contribution in [0.3, 0.4) is 0 Å². The van der Waals surface area contributed by atoms with Crippen molar-refractivity contribution in [1.82, 2.24) is 4.90 Å². The summed E-state index contributed by atoms with van der Waals surface area (Å²) in [4.78, 5) is 14.4. The Labute approximate surface area is 116 Å². The standard InChI is InChI=1S/C16H24N2O/c1-3-14-9-4-5-10-15(14)17-16(19)12-18-11-7-6-8-13(18)2/h4-5,9-10,13H,3,6-8,11-12H2,1-2H3,(H,17,19). The summed E-state index contributed by atoms with van der Waals surface area (Å²) in [6.45, 7) is 5.88. The number of benzene rings is 1. The molecular formula is C16H24N2O. The molecule has 19 heavy (non-hydrogen) atoms. The average Bonchev–Trinajstić information content (AvgIpc) is 2.42. The molecule has 1 amide bonds. The summed E-state index contributed by atoms with van der Waals surface area (Å²) in [6.07, 6.45) is 4.65. The third-order valence-corrected chi connectivity index (χ3v) is 3.96. The fourth-order valence-corrected chi connectivity index (χ4v) is 2.72. The molecule has 1 fully saturated rings. The van der Waals surface area contributed by atoms with Crippen molar-refractivity contribution < 1.29 is 4.79 Å². The van der Waals surface area contributed by atoms with Gasteiger partial charge in [-0.1, -0.05) is 31.5 Å². The summed E-state index contributed by atoms with van der Waals surface area (Å²) in [5, 5.41) is 3.05. The molecular weight excluding hydrogens is 236 g/mol. The predicted octanol–water partition coefficient (Wildman–Crippen LogP) is 3.06. The summed E-state index contributed by atoms with van der Waals surface area (Å²) >= 11 is 0. The minimum absolute atomic E-state index is 0.106. The Balaban J connectivity index is 1.93. The summed E-state index contributed by atoms with van der Waals surface area (Å²) < 4.78 is 0. The predicted molar refractivity (Wildman–Crippen MR) is 79.3 cm³/mol. The first kappa shape index (κ1) is 14.1. The van der Waals surface area contributed by atoms with Crippen molar-refractivity contribution in [3.8, 4) is 0 Å². The Bertz CT molecular complexity index is 431. The second-order valence-electron chi connectivity index (χ2n) is 5.37. The number of piperidine rings is 1. The first-order valence-corrected chi connectivity index (χ1v) is 7.32. The minimum Gasteiger partial charge on any atom is -0.325 e. The second kappa shape index (κ2) is 6.71. The summed E-state index contributed by atoms with van der Waals surface area (Å²) in [6, 6.07) is 8.57. The molecule has 1 aliphatic heterocycles. The van der Waals surface area contributed by atoms with E-state index in [1.165, 1.54) is 24.8 Å². The Hall–Kier alpha value is -1.35. The highest BCUT2D eigenvalue weighted by Crippen LogP contribution is 2.18. The van der Waals surface area contributed by atoms with E-state index in [0.717, 1.165) is 18.7 Å². The van der Waals surface area contributed by atoms with E-state index >= 15 is 0 Å². The van der Waals surface area contributed by atoms with Crippen LogP contribution in [0.15, 0.2) is 24.3 Å². The van der Waals surface area contributed by atoms with E-state index in [0.29, 0.717) is 12.6 Å². The van der Waals surface area contributed by atoms with Crippen molar-refractivity contribution in [2.45, 2.75) is 45.6 Å². The van der Waals surface area contributed by atoms with Gasteiger partial charge in [0.2, 0.25) is 5.91 Å². The number of para-hydroxylation sites is 1. The number of carbonyl (C=O) groups is 1. The Morgan fingerprint density at radius 2 is 2.16 bits per heavy atom. The van der Waals surface area contributed by atoms with E-state index < -0.39 is 0 Å². The smallest absolute Gasteiger partial charge is 0.238 e. The summed E-state index contributed by atoms with van der Waals surface area (Å²) in [5.41, 5.74) is 2.15. The molecule has 0 spiro atoms. The number of hydrogen-bond acceptors (Lipinski definition) is 2. The zero-order chi connectivity index (χ0) is 13.7. The van der Waals surface area contributed by atoms with E-state index in [9.17, 15) is 4.79 Å². The molecule has 3 nitrogen and oxygen atoms in total. The highest BCUT2D eigenvalue weighted by atomic mass is 16.2. The number of amides is 1. The van der Waals surface area contributed by atoms with Gasteiger partial charge in [0.15, 0.2) is 0 Å². The molecule has 1 aromatic carbocycles. The van der Waals surface area contributed by atoms with Gasteiger partial charge in [-0.05, 0) is 44.4 Å². The lowest BCUT2D eigenvalue weighted by atomic mass is 10.0. The van der Waals surface area contributed by atoms with Gasteiger partial charge in [-0.15, -0.1) is 0 Å². The van der Waals surface area contributed by atoms with E-state index in [1.807, 2.05) is 18.2 Å². The molecule has 0 radical (unpaired) electrons. The van der Waals surface area contributed by atoms with Crippen molar-refractivity contribution in [2.75, 3.05) is 18.4 Å². The van der Waals surface area contributed by atoms with E-state index in [-0.39, 0.29) is 5.91 Å². The fourth-order valence-electron chi connectivity index (χ4n) is 2.72. The lowest BCUT2D eigenvalue weighted by Gasteiger charge is -2.32. The molecule has 3 heteroatoms. The lowest BCUT2D eigenvalue weighted by Crippen LogP contribution is -2.42. The van der Waals surface area contributed by atoms with Gasteiger partial charge in [-0.25, -0.2) is 0 Å². The molecule has 1 heterocycles. The van der Waals surface area contributed by atoms with Crippen LogP contribution in [-0.4, -0.2) is 29.9 Å². The Morgan fingerprint density at radius 3 is 2.89 bits per heavy atom. The maximum atomic E-state index is 12.1. The first-order chi connectivity index (χ1) is 9.20. The highest BCUT2D eigenvalue weighted by Gasteiger charge is 2.20. The van der Waals surface area contributed by atoms with Crippen LogP contribution >= 0.6 is 0 Å². The van der Waals surface area contributed by atoms with Crippen molar-refractivity contribution in [3.63, 3.8) is 0 Å². The fraction of sp³-hybridized carbons (Fsp3) is 0.562. The number of anilines is 1. The van der Waals surface area contributed by atoms with Crippen LogP contribution in [-0.2, 0) is 11.2 Å². The molecule has 0 saturated carbocycles. The van der Waals surface area contributed by atoms with Crippen LogP contribution in [0, 0.1) is 0 Å². The quantitative estimate of drug-likeness (QED) is 0.902. The Morgan fingerprint density at radius 1 is 1.37 bits per heavy atom. The van der Waals surface area contributed by atoms with Gasteiger partial charge in [-0.3, -0.25) is 9.69 Å². The van der Waals surface area contributed by atoms with Crippen molar-refractivity contribution in [1.29, 1.82) is 0 Å². The number of nitrogens with one attached hydrogen (secondary N) is 1. The second-order valence-corrected chi connectivity index (χ2v) is 5.37. The van der Waals surface area contributed by atoms with Crippen molar-refractivity contribution in [2.24, 2.45) is 0 Å². The van der Waals surface area contributed by atoms with Gasteiger partial charge in [0.1, 0.15) is 0 Å². The molecule has 2 rings (SSSR count). The van der Waals surface area contributed by atoms with E-state index in [2.05, 4.69) is 30.1 Å². The average molecular weight is 260 g/mol. The SMILES string of the molecule is CCc1ccccc1NC(=O)CN1CCCCC1C. The molecule has 1 saturated heterocycles. The number of hydrogen-bond donors (Lipinski definition) is 1. The normalized spacial score (nSPS) is 20.2. The van der Waals surface area contributed by atoms with Gasteiger partial charge in [-0.2, -0.15) is 0 Å². The number of carbonyl (C=O) groups excluding carboxylic acids is 1. The number of rotatable bonds is 4. The molecule has 0 bridgehead atoms. The number of likely N-dealkylation sites (tertiary alicyclic amines) is 1. The first-order valence-electron chi connectivity index (χ1n) is 7.32. The van der Waals surface area contributed by atoms with Gasteiger partial charge in [0.25, 0.3) is 0 Å². The molecule has 0 aromatic heterocycles. The van der Waals surface area contributed by atoms with E-state index in [4.69, 9.17) is 0 Å². The van der Waals surface area contributed by atoms with Crippen molar-refractivity contribution in [3.05, 3.63) is 29.8 Å². The van der Waals surface area contributed by atoms with Crippen molar-refractivity contribution >= 4 is 11.6 Å². The maximum absolute atomic E-state index is 12.1. The molecule has 104 valence electrons. The molecule has 1 N–H and O–H groups in total. The minimum atomic E-state index is 0.106. The molecule has 1 atom stereocenters. The molecule has 1 unspecified atom stereocenters. The number of aryl methyl sites for hydroxylation is 1. The van der Waals surface area contributed by atoms with Gasteiger partial charge < -0.3 is 5.32 Å². The van der Waals surface area contributed by atoms with Gasteiger partial charge in [0.05, 0.1) is 6.54 Å². The Kier molecular flexibility index (Phi) is 4.97. The van der Waals surface area contributed by atoms with Crippen LogP contribution in [0.4, 0.5) is 5.69 Å².